The maximum atomic E-state index is 13.0. The topological polar surface area (TPSA) is 32.9 Å². The fourth-order valence-electron chi connectivity index (χ4n) is 2.42. The summed E-state index contributed by atoms with van der Waals surface area (Å²) in [6.07, 6.45) is 3.88. The van der Waals surface area contributed by atoms with Crippen LogP contribution in [0.25, 0.3) is 11.1 Å². The first kappa shape index (κ1) is 12.6. The van der Waals surface area contributed by atoms with Gasteiger partial charge in [0.1, 0.15) is 5.82 Å². The molecule has 1 heterocycles. The van der Waals surface area contributed by atoms with E-state index >= 15 is 0 Å². The molecule has 4 heteroatoms. The molecule has 0 unspecified atom stereocenters. The summed E-state index contributed by atoms with van der Waals surface area (Å²) in [5.41, 5.74) is 3.81. The van der Waals surface area contributed by atoms with E-state index in [0.29, 0.717) is 11.2 Å². The molecule has 1 aliphatic carbocycles. The number of rotatable bonds is 3. The van der Waals surface area contributed by atoms with Crippen molar-refractivity contribution in [2.24, 2.45) is 0 Å². The summed E-state index contributed by atoms with van der Waals surface area (Å²) >= 11 is 3.47. The van der Waals surface area contributed by atoms with E-state index in [-0.39, 0.29) is 11.4 Å². The largest absolute Gasteiger partial charge is 0.328 e. The van der Waals surface area contributed by atoms with Gasteiger partial charge in [0.15, 0.2) is 0 Å². The van der Waals surface area contributed by atoms with Crippen LogP contribution in [0.5, 0.6) is 0 Å². The number of benzene rings is 1. The number of aromatic amines is 1. The second kappa shape index (κ2) is 4.93. The lowest BCUT2D eigenvalue weighted by atomic mass is 9.97. The molecule has 1 saturated carbocycles. The highest BCUT2D eigenvalue weighted by molar-refractivity contribution is 9.08. The zero-order valence-corrected chi connectivity index (χ0v) is 11.8. The van der Waals surface area contributed by atoms with Crippen molar-refractivity contribution in [3.8, 4) is 11.1 Å². The average molecular weight is 322 g/mol. The van der Waals surface area contributed by atoms with Crippen LogP contribution >= 0.6 is 15.9 Å². The van der Waals surface area contributed by atoms with E-state index in [1.807, 2.05) is 0 Å². The molecule has 0 atom stereocenters. The van der Waals surface area contributed by atoms with E-state index < -0.39 is 0 Å². The minimum Gasteiger partial charge on any atom is -0.328 e. The molecule has 1 aromatic heterocycles. The van der Waals surface area contributed by atoms with Gasteiger partial charge in [0.2, 0.25) is 0 Å². The number of hydrogen-bond acceptors (Lipinski definition) is 1. The first-order valence-electron chi connectivity index (χ1n) is 6.27. The Hall–Kier alpha value is -1.42. The van der Waals surface area contributed by atoms with Crippen molar-refractivity contribution in [2.45, 2.75) is 24.1 Å². The summed E-state index contributed by atoms with van der Waals surface area (Å²) in [6, 6.07) is 6.36. The minimum atomic E-state index is -0.254. The van der Waals surface area contributed by atoms with Gasteiger partial charge >= 0.3 is 0 Å². The summed E-state index contributed by atoms with van der Waals surface area (Å²) in [5.74, 6) is 0.132. The molecule has 2 aromatic rings. The van der Waals surface area contributed by atoms with Gasteiger partial charge in [-0.25, -0.2) is 4.39 Å². The Morgan fingerprint density at radius 3 is 2.53 bits per heavy atom. The standard InChI is InChI=1S/C15H13BrFNO/c16-7-12-13(9-3-5-11(17)6-4-9)8-18-15(19)14(12)10-1-2-10/h3-6,8,10H,1-2,7H2,(H,18,19). The molecular formula is C15H13BrFNO. The Morgan fingerprint density at radius 2 is 1.95 bits per heavy atom. The van der Waals surface area contributed by atoms with Crippen molar-refractivity contribution in [2.75, 3.05) is 0 Å². The number of H-pyrrole nitrogens is 1. The van der Waals surface area contributed by atoms with Gasteiger partial charge in [-0.3, -0.25) is 4.79 Å². The molecule has 0 aliphatic heterocycles. The molecule has 19 heavy (non-hydrogen) atoms. The summed E-state index contributed by atoms with van der Waals surface area (Å²) in [7, 11) is 0. The third kappa shape index (κ3) is 2.37. The molecule has 1 fully saturated rings. The number of alkyl halides is 1. The first-order valence-corrected chi connectivity index (χ1v) is 7.39. The number of pyridine rings is 1. The monoisotopic (exact) mass is 321 g/mol. The van der Waals surface area contributed by atoms with Gasteiger partial charge in [-0.05, 0) is 42.0 Å². The van der Waals surface area contributed by atoms with Crippen LogP contribution in [0.2, 0.25) is 0 Å². The predicted molar refractivity (Wildman–Crippen MR) is 77.1 cm³/mol. The van der Waals surface area contributed by atoms with Crippen molar-refractivity contribution in [1.29, 1.82) is 0 Å². The van der Waals surface area contributed by atoms with Gasteiger partial charge in [-0.1, -0.05) is 28.1 Å². The first-order chi connectivity index (χ1) is 9.20. The van der Waals surface area contributed by atoms with Gasteiger partial charge in [-0.2, -0.15) is 0 Å². The maximum absolute atomic E-state index is 13.0. The molecule has 0 bridgehead atoms. The zero-order valence-electron chi connectivity index (χ0n) is 10.2. The molecule has 0 amide bonds. The Labute approximate surface area is 118 Å². The van der Waals surface area contributed by atoms with Gasteiger partial charge in [0.25, 0.3) is 5.56 Å². The van der Waals surface area contributed by atoms with Crippen LogP contribution in [0.3, 0.4) is 0 Å². The lowest BCUT2D eigenvalue weighted by Gasteiger charge is -2.12. The lowest BCUT2D eigenvalue weighted by molar-refractivity contribution is 0.628. The molecule has 0 spiro atoms. The Bertz CT molecular complexity index is 659. The minimum absolute atomic E-state index is 0.00260. The van der Waals surface area contributed by atoms with E-state index in [9.17, 15) is 9.18 Å². The molecule has 98 valence electrons. The molecule has 0 saturated heterocycles. The highest BCUT2D eigenvalue weighted by atomic mass is 79.9. The van der Waals surface area contributed by atoms with Crippen LogP contribution < -0.4 is 5.56 Å². The van der Waals surface area contributed by atoms with E-state index in [1.54, 1.807) is 18.3 Å². The Morgan fingerprint density at radius 1 is 1.26 bits per heavy atom. The van der Waals surface area contributed by atoms with Crippen molar-refractivity contribution in [3.05, 3.63) is 57.8 Å². The van der Waals surface area contributed by atoms with Gasteiger partial charge in [0.05, 0.1) is 0 Å². The van der Waals surface area contributed by atoms with Crippen molar-refractivity contribution < 1.29 is 4.39 Å². The number of nitrogens with one attached hydrogen (secondary N) is 1. The van der Waals surface area contributed by atoms with Crippen molar-refractivity contribution >= 4 is 15.9 Å². The zero-order chi connectivity index (χ0) is 13.4. The Balaban J connectivity index is 2.18. The smallest absolute Gasteiger partial charge is 0.251 e. The summed E-state index contributed by atoms with van der Waals surface area (Å²) in [4.78, 5) is 14.8. The quantitative estimate of drug-likeness (QED) is 0.853. The van der Waals surface area contributed by atoms with Gasteiger partial charge < -0.3 is 4.98 Å². The number of hydrogen-bond donors (Lipinski definition) is 1. The number of halogens is 2. The Kier molecular flexibility index (Phi) is 3.27. The third-order valence-electron chi connectivity index (χ3n) is 3.52. The lowest BCUT2D eigenvalue weighted by Crippen LogP contribution is -2.15. The maximum Gasteiger partial charge on any atom is 0.251 e. The van der Waals surface area contributed by atoms with Crippen LogP contribution in [-0.2, 0) is 5.33 Å². The number of aromatic nitrogens is 1. The van der Waals surface area contributed by atoms with Gasteiger partial charge in [-0.15, -0.1) is 0 Å². The average Bonchev–Trinajstić information content (AvgIpc) is 3.23. The van der Waals surface area contributed by atoms with Gasteiger partial charge in [0, 0.05) is 22.7 Å². The van der Waals surface area contributed by atoms with E-state index in [0.717, 1.165) is 35.1 Å². The molecule has 1 aliphatic rings. The SMILES string of the molecule is O=c1[nH]cc(-c2ccc(F)cc2)c(CBr)c1C1CC1. The molecular weight excluding hydrogens is 309 g/mol. The van der Waals surface area contributed by atoms with E-state index in [4.69, 9.17) is 0 Å². The second-order valence-corrected chi connectivity index (χ2v) is 5.40. The summed E-state index contributed by atoms with van der Waals surface area (Å²) in [5, 5.41) is 0.634. The van der Waals surface area contributed by atoms with E-state index in [2.05, 4.69) is 20.9 Å². The van der Waals surface area contributed by atoms with Crippen molar-refractivity contribution in [1.82, 2.24) is 4.98 Å². The van der Waals surface area contributed by atoms with Crippen molar-refractivity contribution in [3.63, 3.8) is 0 Å². The second-order valence-electron chi connectivity index (χ2n) is 4.84. The molecule has 0 radical (unpaired) electrons. The predicted octanol–water partition coefficient (Wildman–Crippen LogP) is 3.95. The van der Waals surface area contributed by atoms with E-state index in [1.165, 1.54) is 12.1 Å². The normalized spacial score (nSPS) is 14.6. The highest BCUT2D eigenvalue weighted by Crippen LogP contribution is 2.42. The van der Waals surface area contributed by atoms with Crippen LogP contribution in [0.4, 0.5) is 4.39 Å². The van der Waals surface area contributed by atoms with Crippen LogP contribution in [0.1, 0.15) is 29.9 Å². The summed E-state index contributed by atoms with van der Waals surface area (Å²) in [6.45, 7) is 0. The third-order valence-corrected chi connectivity index (χ3v) is 4.08. The van der Waals surface area contributed by atoms with Crippen LogP contribution in [0, 0.1) is 5.82 Å². The molecule has 3 rings (SSSR count). The van der Waals surface area contributed by atoms with Crippen LogP contribution in [0.15, 0.2) is 35.3 Å². The fourth-order valence-corrected chi connectivity index (χ4v) is 3.02. The summed E-state index contributed by atoms with van der Waals surface area (Å²) < 4.78 is 13.0. The fraction of sp³-hybridized carbons (Fsp3) is 0.267. The molecule has 1 N–H and O–H groups in total. The highest BCUT2D eigenvalue weighted by Gasteiger charge is 2.29. The molecule has 1 aromatic carbocycles. The van der Waals surface area contributed by atoms with Crippen LogP contribution in [-0.4, -0.2) is 4.98 Å². The molecule has 2 nitrogen and oxygen atoms in total.